The monoisotopic (exact) mass is 230 g/mol. The predicted molar refractivity (Wildman–Crippen MR) is 62.2 cm³/mol. The van der Waals surface area contributed by atoms with Crippen LogP contribution in [-0.2, 0) is 9.59 Å². The molecular weight excluding hydrogens is 208 g/mol. The van der Waals surface area contributed by atoms with Gasteiger partial charge in [0.15, 0.2) is 0 Å². The topological polar surface area (TPSA) is 78.4 Å². The summed E-state index contributed by atoms with van der Waals surface area (Å²) in [5.74, 6) is -1.33. The number of rotatable bonds is 7. The molecule has 0 aromatic rings. The van der Waals surface area contributed by atoms with Crippen molar-refractivity contribution in [2.45, 2.75) is 46.2 Å². The van der Waals surface area contributed by atoms with Crippen molar-refractivity contribution in [3.05, 3.63) is 0 Å². The summed E-state index contributed by atoms with van der Waals surface area (Å²) in [5, 5.41) is 14.5. The second-order valence-corrected chi connectivity index (χ2v) is 4.49. The van der Waals surface area contributed by atoms with E-state index in [0.29, 0.717) is 19.0 Å². The van der Waals surface area contributed by atoms with Crippen LogP contribution in [0.15, 0.2) is 0 Å². The Balaban J connectivity index is 3.97. The molecule has 5 heteroatoms. The molecule has 0 aliphatic rings. The van der Waals surface area contributed by atoms with Crippen molar-refractivity contribution in [1.29, 1.82) is 0 Å². The number of nitrogens with one attached hydrogen (secondary N) is 2. The summed E-state index contributed by atoms with van der Waals surface area (Å²) in [4.78, 5) is 22.3. The summed E-state index contributed by atoms with van der Waals surface area (Å²) in [7, 11) is 0. The van der Waals surface area contributed by atoms with Gasteiger partial charge in [-0.15, -0.1) is 0 Å². The molecule has 0 bridgehead atoms. The SMILES string of the molecule is CC(C)NCCC(=O)NC(C(=O)O)C(C)C. The second-order valence-electron chi connectivity index (χ2n) is 4.49. The quantitative estimate of drug-likeness (QED) is 0.598. The average Bonchev–Trinajstić information content (AvgIpc) is 2.12. The fourth-order valence-electron chi connectivity index (χ4n) is 1.23. The van der Waals surface area contributed by atoms with Gasteiger partial charge in [0.2, 0.25) is 5.91 Å². The fourth-order valence-corrected chi connectivity index (χ4v) is 1.23. The third-order valence-electron chi connectivity index (χ3n) is 2.15. The molecule has 94 valence electrons. The summed E-state index contributed by atoms with van der Waals surface area (Å²) in [5.41, 5.74) is 0. The third-order valence-corrected chi connectivity index (χ3v) is 2.15. The highest BCUT2D eigenvalue weighted by Gasteiger charge is 2.22. The zero-order valence-electron chi connectivity index (χ0n) is 10.4. The molecule has 0 aliphatic carbocycles. The van der Waals surface area contributed by atoms with E-state index < -0.39 is 12.0 Å². The van der Waals surface area contributed by atoms with Crippen LogP contribution in [0.2, 0.25) is 0 Å². The molecule has 0 aromatic heterocycles. The Morgan fingerprint density at radius 1 is 1.19 bits per heavy atom. The second kappa shape index (κ2) is 7.22. The molecule has 5 nitrogen and oxygen atoms in total. The van der Waals surface area contributed by atoms with Gasteiger partial charge in [-0.25, -0.2) is 4.79 Å². The van der Waals surface area contributed by atoms with E-state index in [2.05, 4.69) is 10.6 Å². The lowest BCUT2D eigenvalue weighted by molar-refractivity contribution is -0.143. The molecule has 0 rings (SSSR count). The minimum atomic E-state index is -0.986. The van der Waals surface area contributed by atoms with Crippen LogP contribution in [0.4, 0.5) is 0 Å². The Hall–Kier alpha value is -1.10. The van der Waals surface area contributed by atoms with Gasteiger partial charge < -0.3 is 15.7 Å². The summed E-state index contributed by atoms with van der Waals surface area (Å²) in [6.45, 7) is 8.09. The summed E-state index contributed by atoms with van der Waals surface area (Å²) in [6, 6.07) is -0.472. The Bertz CT molecular complexity index is 239. The van der Waals surface area contributed by atoms with E-state index >= 15 is 0 Å². The largest absolute Gasteiger partial charge is 0.480 e. The van der Waals surface area contributed by atoms with Crippen molar-refractivity contribution in [3.8, 4) is 0 Å². The van der Waals surface area contributed by atoms with Crippen LogP contribution in [0.5, 0.6) is 0 Å². The van der Waals surface area contributed by atoms with Crippen LogP contribution in [0, 0.1) is 5.92 Å². The summed E-state index contributed by atoms with van der Waals surface area (Å²) < 4.78 is 0. The molecule has 0 aliphatic heterocycles. The number of carbonyl (C=O) groups excluding carboxylic acids is 1. The van der Waals surface area contributed by atoms with Crippen molar-refractivity contribution in [1.82, 2.24) is 10.6 Å². The Kier molecular flexibility index (Phi) is 6.72. The molecule has 0 radical (unpaired) electrons. The first kappa shape index (κ1) is 14.9. The number of carboxylic acids is 1. The van der Waals surface area contributed by atoms with E-state index in [9.17, 15) is 9.59 Å². The Morgan fingerprint density at radius 3 is 2.12 bits per heavy atom. The minimum absolute atomic E-state index is 0.112. The number of aliphatic carboxylic acids is 1. The molecule has 1 atom stereocenters. The van der Waals surface area contributed by atoms with Crippen molar-refractivity contribution in [2.24, 2.45) is 5.92 Å². The van der Waals surface area contributed by atoms with E-state index in [1.54, 1.807) is 13.8 Å². The first-order chi connectivity index (χ1) is 7.34. The molecule has 3 N–H and O–H groups in total. The summed E-state index contributed by atoms with van der Waals surface area (Å²) in [6.07, 6.45) is 0.300. The third kappa shape index (κ3) is 6.40. The van der Waals surface area contributed by atoms with Gasteiger partial charge in [-0.3, -0.25) is 4.79 Å². The molecular formula is C11H22N2O3. The minimum Gasteiger partial charge on any atom is -0.480 e. The number of hydrogen-bond acceptors (Lipinski definition) is 3. The highest BCUT2D eigenvalue weighted by Crippen LogP contribution is 2.01. The van der Waals surface area contributed by atoms with Crippen molar-refractivity contribution >= 4 is 11.9 Å². The van der Waals surface area contributed by atoms with Crippen LogP contribution in [0.25, 0.3) is 0 Å². The lowest BCUT2D eigenvalue weighted by atomic mass is 10.0. The van der Waals surface area contributed by atoms with Gasteiger partial charge in [-0.1, -0.05) is 27.7 Å². The first-order valence-electron chi connectivity index (χ1n) is 5.60. The molecule has 0 saturated carbocycles. The van der Waals surface area contributed by atoms with Crippen molar-refractivity contribution in [2.75, 3.05) is 6.54 Å². The zero-order chi connectivity index (χ0) is 12.7. The zero-order valence-corrected chi connectivity index (χ0v) is 10.4. The molecule has 0 saturated heterocycles. The van der Waals surface area contributed by atoms with Gasteiger partial charge in [0.25, 0.3) is 0 Å². The first-order valence-corrected chi connectivity index (χ1v) is 5.60. The van der Waals surface area contributed by atoms with Crippen LogP contribution in [-0.4, -0.2) is 35.6 Å². The fraction of sp³-hybridized carbons (Fsp3) is 0.818. The number of amides is 1. The smallest absolute Gasteiger partial charge is 0.326 e. The van der Waals surface area contributed by atoms with Crippen molar-refractivity contribution in [3.63, 3.8) is 0 Å². The van der Waals surface area contributed by atoms with Gasteiger partial charge >= 0.3 is 5.97 Å². The molecule has 1 unspecified atom stereocenters. The lowest BCUT2D eigenvalue weighted by Crippen LogP contribution is -2.45. The molecule has 0 fully saturated rings. The number of hydrogen-bond donors (Lipinski definition) is 3. The number of carbonyl (C=O) groups is 2. The summed E-state index contributed by atoms with van der Waals surface area (Å²) >= 11 is 0. The standard InChI is InChI=1S/C11H22N2O3/c1-7(2)10(11(15)16)13-9(14)5-6-12-8(3)4/h7-8,10,12H,5-6H2,1-4H3,(H,13,14)(H,15,16). The van der Waals surface area contributed by atoms with E-state index in [4.69, 9.17) is 5.11 Å². The Morgan fingerprint density at radius 2 is 1.75 bits per heavy atom. The van der Waals surface area contributed by atoms with Gasteiger partial charge in [0, 0.05) is 19.0 Å². The van der Waals surface area contributed by atoms with E-state index in [-0.39, 0.29) is 11.8 Å². The van der Waals surface area contributed by atoms with Crippen LogP contribution in [0.1, 0.15) is 34.1 Å². The average molecular weight is 230 g/mol. The highest BCUT2D eigenvalue weighted by molar-refractivity contribution is 5.83. The van der Waals surface area contributed by atoms with Gasteiger partial charge in [-0.05, 0) is 5.92 Å². The van der Waals surface area contributed by atoms with Crippen LogP contribution < -0.4 is 10.6 Å². The van der Waals surface area contributed by atoms with E-state index in [1.165, 1.54) is 0 Å². The van der Waals surface area contributed by atoms with Crippen molar-refractivity contribution < 1.29 is 14.7 Å². The van der Waals surface area contributed by atoms with Gasteiger partial charge in [-0.2, -0.15) is 0 Å². The maximum Gasteiger partial charge on any atom is 0.326 e. The highest BCUT2D eigenvalue weighted by atomic mass is 16.4. The van der Waals surface area contributed by atoms with E-state index in [1.807, 2.05) is 13.8 Å². The van der Waals surface area contributed by atoms with Crippen LogP contribution in [0.3, 0.4) is 0 Å². The predicted octanol–water partition coefficient (Wildman–Crippen LogP) is 0.600. The maximum atomic E-state index is 11.4. The molecule has 0 spiro atoms. The van der Waals surface area contributed by atoms with Gasteiger partial charge in [0.1, 0.15) is 6.04 Å². The normalized spacial score (nSPS) is 12.9. The molecule has 1 amide bonds. The molecule has 16 heavy (non-hydrogen) atoms. The molecule has 0 heterocycles. The Labute approximate surface area is 96.6 Å². The van der Waals surface area contributed by atoms with E-state index in [0.717, 1.165) is 0 Å². The van der Waals surface area contributed by atoms with Crippen LogP contribution >= 0.6 is 0 Å². The lowest BCUT2D eigenvalue weighted by Gasteiger charge is -2.18. The maximum absolute atomic E-state index is 11.4. The number of carboxylic acid groups (broad SMARTS) is 1. The van der Waals surface area contributed by atoms with Gasteiger partial charge in [0.05, 0.1) is 0 Å². The molecule has 0 aromatic carbocycles.